The normalized spacial score (nSPS) is 22.7. The van der Waals surface area contributed by atoms with Gasteiger partial charge in [0.2, 0.25) is 0 Å². The monoisotopic (exact) mass is 446 g/mol. The number of H-pyrrole nitrogens is 1. The summed E-state index contributed by atoms with van der Waals surface area (Å²) in [5.41, 5.74) is 11.1. The van der Waals surface area contributed by atoms with E-state index in [0.717, 1.165) is 57.5 Å². The third-order valence-electron chi connectivity index (χ3n) is 7.00. The van der Waals surface area contributed by atoms with Crippen LogP contribution < -0.4 is 10.6 Å². The molecule has 1 aromatic carbocycles. The fraction of sp³-hybridized carbons (Fsp3) is 0.391. The fourth-order valence-corrected chi connectivity index (χ4v) is 5.97. The van der Waals surface area contributed by atoms with Crippen LogP contribution in [0.1, 0.15) is 31.4 Å². The molecule has 4 aromatic rings. The van der Waals surface area contributed by atoms with E-state index >= 15 is 0 Å². The van der Waals surface area contributed by atoms with Gasteiger partial charge in [0.25, 0.3) is 0 Å². The van der Waals surface area contributed by atoms with Crippen molar-refractivity contribution in [1.82, 2.24) is 24.7 Å². The van der Waals surface area contributed by atoms with Gasteiger partial charge in [0, 0.05) is 47.9 Å². The number of hydrogen-bond donors (Lipinski definition) is 2. The molecule has 2 aliphatic heterocycles. The van der Waals surface area contributed by atoms with Crippen molar-refractivity contribution >= 4 is 39.5 Å². The van der Waals surface area contributed by atoms with E-state index in [9.17, 15) is 5.26 Å². The van der Waals surface area contributed by atoms with Crippen molar-refractivity contribution in [3.8, 4) is 17.2 Å². The number of piperidine rings is 1. The topological polar surface area (TPSA) is 112 Å². The number of aryl methyl sites for hydroxylation is 1. The van der Waals surface area contributed by atoms with Gasteiger partial charge in [0.1, 0.15) is 11.3 Å². The maximum Gasteiger partial charge on any atom is 0.159 e. The Morgan fingerprint density at radius 1 is 1.25 bits per heavy atom. The lowest BCUT2D eigenvalue weighted by Crippen LogP contribution is -2.47. The van der Waals surface area contributed by atoms with Crippen LogP contribution in [0.5, 0.6) is 0 Å². The van der Waals surface area contributed by atoms with Gasteiger partial charge in [-0.15, -0.1) is 0 Å². The summed E-state index contributed by atoms with van der Waals surface area (Å²) in [7, 11) is 1.84. The highest BCUT2D eigenvalue weighted by molar-refractivity contribution is 6.38. The SMILES string of the molecule is Cn1nc2ccc(-c3c[nH]c4nc(N5[C@@H]6CC[C@H]5CC(N)C6)cnc34)c(Cl)c2c1CC#N. The molecular formula is C23H23ClN8. The highest BCUT2D eigenvalue weighted by atomic mass is 35.5. The Morgan fingerprint density at radius 2 is 2.03 bits per heavy atom. The van der Waals surface area contributed by atoms with E-state index in [0.29, 0.717) is 17.1 Å². The van der Waals surface area contributed by atoms with E-state index < -0.39 is 0 Å². The first-order valence-electron chi connectivity index (χ1n) is 10.9. The summed E-state index contributed by atoms with van der Waals surface area (Å²) in [5, 5.41) is 15.1. The zero-order chi connectivity index (χ0) is 22.0. The molecule has 0 spiro atoms. The van der Waals surface area contributed by atoms with Crippen LogP contribution in [0, 0.1) is 11.3 Å². The standard InChI is InChI=1S/C23H23ClN8/c1-31-18(6-7-25)20-17(30-31)5-4-15(21(20)24)16-10-28-23-22(16)27-11-19(29-23)32-13-2-3-14(32)9-12(26)8-13/h4-5,10-14H,2-3,6,8-9,26H2,1H3,(H,28,29)/t12?,13-,14+. The van der Waals surface area contributed by atoms with Crippen LogP contribution in [0.3, 0.4) is 0 Å². The molecule has 2 aliphatic rings. The van der Waals surface area contributed by atoms with Crippen molar-refractivity contribution in [3.05, 3.63) is 35.2 Å². The molecule has 0 aliphatic carbocycles. The van der Waals surface area contributed by atoms with Crippen LogP contribution in [0.4, 0.5) is 5.82 Å². The lowest BCUT2D eigenvalue weighted by atomic mass is 9.98. The molecule has 3 N–H and O–H groups in total. The molecule has 32 heavy (non-hydrogen) atoms. The van der Waals surface area contributed by atoms with Gasteiger partial charge in [0.05, 0.1) is 34.9 Å². The number of nitrogens with one attached hydrogen (secondary N) is 1. The van der Waals surface area contributed by atoms with Crippen molar-refractivity contribution in [2.75, 3.05) is 4.90 Å². The Kier molecular flexibility index (Phi) is 4.39. The quantitative estimate of drug-likeness (QED) is 0.496. The van der Waals surface area contributed by atoms with Crippen LogP contribution in [0.2, 0.25) is 5.02 Å². The lowest BCUT2D eigenvalue weighted by Gasteiger charge is -2.38. The Balaban J connectivity index is 1.43. The first kappa shape index (κ1) is 19.5. The smallest absolute Gasteiger partial charge is 0.159 e. The number of nitrogens with two attached hydrogens (primary N) is 1. The average molecular weight is 447 g/mol. The first-order chi connectivity index (χ1) is 15.5. The van der Waals surface area contributed by atoms with Crippen molar-refractivity contribution in [3.63, 3.8) is 0 Å². The molecule has 2 saturated heterocycles. The highest BCUT2D eigenvalue weighted by Crippen LogP contribution is 2.40. The minimum Gasteiger partial charge on any atom is -0.349 e. The molecule has 162 valence electrons. The maximum absolute atomic E-state index is 9.23. The minimum absolute atomic E-state index is 0.245. The molecule has 3 aromatic heterocycles. The Morgan fingerprint density at radius 3 is 2.78 bits per heavy atom. The second kappa shape index (κ2) is 7.19. The van der Waals surface area contributed by atoms with E-state index in [1.54, 1.807) is 4.68 Å². The minimum atomic E-state index is 0.245. The molecule has 1 unspecified atom stereocenters. The number of anilines is 1. The van der Waals surface area contributed by atoms with Gasteiger partial charge < -0.3 is 15.6 Å². The van der Waals surface area contributed by atoms with Crippen LogP contribution >= 0.6 is 11.6 Å². The second-order valence-corrected chi connectivity index (χ2v) is 9.26. The molecule has 8 nitrogen and oxygen atoms in total. The number of halogens is 1. The molecule has 2 fully saturated rings. The van der Waals surface area contributed by atoms with Gasteiger partial charge >= 0.3 is 0 Å². The van der Waals surface area contributed by atoms with Gasteiger partial charge in [-0.05, 0) is 31.7 Å². The number of rotatable bonds is 3. The Hall–Kier alpha value is -3.15. The molecule has 0 radical (unpaired) electrons. The summed E-state index contributed by atoms with van der Waals surface area (Å²) >= 11 is 6.86. The number of aromatic amines is 1. The van der Waals surface area contributed by atoms with E-state index in [-0.39, 0.29) is 12.5 Å². The largest absolute Gasteiger partial charge is 0.349 e. The summed E-state index contributed by atoms with van der Waals surface area (Å²) in [6.45, 7) is 0. The second-order valence-electron chi connectivity index (χ2n) is 8.88. The molecule has 0 saturated carbocycles. The molecule has 9 heteroatoms. The number of aromatic nitrogens is 5. The third-order valence-corrected chi connectivity index (χ3v) is 7.39. The first-order valence-corrected chi connectivity index (χ1v) is 11.3. The predicted octanol–water partition coefficient (Wildman–Crippen LogP) is 3.69. The number of nitrogens with zero attached hydrogens (tertiary/aromatic N) is 6. The van der Waals surface area contributed by atoms with Crippen LogP contribution in [-0.4, -0.2) is 42.9 Å². The van der Waals surface area contributed by atoms with Crippen molar-refractivity contribution in [2.45, 2.75) is 50.2 Å². The number of hydrogen-bond acceptors (Lipinski definition) is 6. The van der Waals surface area contributed by atoms with Gasteiger partial charge in [-0.2, -0.15) is 10.4 Å². The van der Waals surface area contributed by atoms with E-state index in [1.807, 2.05) is 31.6 Å². The number of benzene rings is 1. The lowest BCUT2D eigenvalue weighted by molar-refractivity contribution is 0.412. The molecule has 0 amide bonds. The molecule has 6 rings (SSSR count). The van der Waals surface area contributed by atoms with E-state index in [1.165, 1.54) is 12.8 Å². The highest BCUT2D eigenvalue weighted by Gasteiger charge is 2.40. The van der Waals surface area contributed by atoms with Crippen LogP contribution in [0.15, 0.2) is 24.5 Å². The predicted molar refractivity (Wildman–Crippen MR) is 124 cm³/mol. The number of nitriles is 1. The van der Waals surface area contributed by atoms with Gasteiger partial charge in [-0.3, -0.25) is 4.68 Å². The van der Waals surface area contributed by atoms with Crippen LogP contribution in [0.25, 0.3) is 33.2 Å². The van der Waals surface area contributed by atoms with E-state index in [4.69, 9.17) is 27.3 Å². The summed E-state index contributed by atoms with van der Waals surface area (Å²) in [6, 6.07) is 7.28. The zero-order valence-electron chi connectivity index (χ0n) is 17.7. The Bertz CT molecular complexity index is 1380. The van der Waals surface area contributed by atoms with Crippen molar-refractivity contribution in [1.29, 1.82) is 5.26 Å². The fourth-order valence-electron chi connectivity index (χ4n) is 5.60. The molecular weight excluding hydrogens is 424 g/mol. The summed E-state index contributed by atoms with van der Waals surface area (Å²) in [6.07, 6.45) is 8.38. The number of fused-ring (bicyclic) bond motifs is 4. The third kappa shape index (κ3) is 2.81. The van der Waals surface area contributed by atoms with Crippen LogP contribution in [-0.2, 0) is 13.5 Å². The summed E-state index contributed by atoms with van der Waals surface area (Å²) in [4.78, 5) is 15.4. The maximum atomic E-state index is 9.23. The Labute approximate surface area is 190 Å². The summed E-state index contributed by atoms with van der Waals surface area (Å²) < 4.78 is 1.73. The van der Waals surface area contributed by atoms with E-state index in [2.05, 4.69) is 21.1 Å². The molecule has 3 atom stereocenters. The van der Waals surface area contributed by atoms with Crippen molar-refractivity contribution < 1.29 is 0 Å². The summed E-state index contributed by atoms with van der Waals surface area (Å²) in [5.74, 6) is 0.912. The zero-order valence-corrected chi connectivity index (χ0v) is 18.5. The average Bonchev–Trinajstić information content (AvgIpc) is 3.41. The van der Waals surface area contributed by atoms with Crippen molar-refractivity contribution in [2.24, 2.45) is 12.8 Å². The van der Waals surface area contributed by atoms with Gasteiger partial charge in [-0.25, -0.2) is 9.97 Å². The molecule has 2 bridgehead atoms. The van der Waals surface area contributed by atoms with Gasteiger partial charge in [-0.1, -0.05) is 17.7 Å². The molecule has 5 heterocycles. The van der Waals surface area contributed by atoms with Gasteiger partial charge in [0.15, 0.2) is 5.65 Å².